The second-order valence-corrected chi connectivity index (χ2v) is 6.56. The molecule has 23 heavy (non-hydrogen) atoms. The molecular formula is C16H12BrN3O2S. The van der Waals surface area contributed by atoms with Crippen LogP contribution in [0.5, 0.6) is 0 Å². The van der Waals surface area contributed by atoms with E-state index >= 15 is 0 Å². The quantitative estimate of drug-likeness (QED) is 0.667. The molecule has 3 rings (SSSR count). The van der Waals surface area contributed by atoms with Gasteiger partial charge in [-0.2, -0.15) is 0 Å². The van der Waals surface area contributed by atoms with Crippen LogP contribution in [0, 0.1) is 0 Å². The zero-order valence-corrected chi connectivity index (χ0v) is 14.3. The molecule has 0 fully saturated rings. The number of hydrogen-bond donors (Lipinski definition) is 1. The number of nitrogens with zero attached hydrogens (tertiary/aromatic N) is 3. The SMILES string of the molecule is O=C(O)c1nnn(-c2ccccc2Br)c1CSc1ccccc1. The predicted octanol–water partition coefficient (Wildman–Crippen LogP) is 4.02. The average Bonchev–Trinajstić information content (AvgIpc) is 2.98. The van der Waals surface area contributed by atoms with E-state index in [9.17, 15) is 9.90 Å². The van der Waals surface area contributed by atoms with Crippen molar-refractivity contribution in [2.75, 3.05) is 0 Å². The summed E-state index contributed by atoms with van der Waals surface area (Å²) in [5.41, 5.74) is 1.29. The average molecular weight is 390 g/mol. The van der Waals surface area contributed by atoms with E-state index in [1.165, 1.54) is 0 Å². The maximum Gasteiger partial charge on any atom is 0.358 e. The number of para-hydroxylation sites is 1. The summed E-state index contributed by atoms with van der Waals surface area (Å²) in [4.78, 5) is 12.5. The Hall–Kier alpha value is -2.12. The molecule has 1 heterocycles. The molecule has 0 amide bonds. The number of carboxylic acids is 1. The van der Waals surface area contributed by atoms with E-state index in [1.807, 2.05) is 54.6 Å². The molecule has 0 spiro atoms. The molecule has 0 saturated heterocycles. The van der Waals surface area contributed by atoms with E-state index in [4.69, 9.17) is 0 Å². The number of carbonyl (C=O) groups is 1. The van der Waals surface area contributed by atoms with Crippen molar-refractivity contribution in [2.45, 2.75) is 10.6 Å². The van der Waals surface area contributed by atoms with Gasteiger partial charge in [-0.3, -0.25) is 0 Å². The third-order valence-corrected chi connectivity index (χ3v) is 4.86. The first kappa shape index (κ1) is 15.8. The molecule has 0 unspecified atom stereocenters. The van der Waals surface area contributed by atoms with Gasteiger partial charge in [-0.25, -0.2) is 9.48 Å². The third-order valence-electron chi connectivity index (χ3n) is 3.17. The van der Waals surface area contributed by atoms with Crippen LogP contribution in [0.4, 0.5) is 0 Å². The molecule has 116 valence electrons. The van der Waals surface area contributed by atoms with E-state index in [0.29, 0.717) is 11.4 Å². The van der Waals surface area contributed by atoms with Crippen molar-refractivity contribution in [1.29, 1.82) is 0 Å². The number of aromatic nitrogens is 3. The zero-order valence-electron chi connectivity index (χ0n) is 11.9. The number of rotatable bonds is 5. The maximum absolute atomic E-state index is 11.4. The van der Waals surface area contributed by atoms with Gasteiger partial charge in [0.2, 0.25) is 0 Å². The van der Waals surface area contributed by atoms with Crippen LogP contribution in [0.1, 0.15) is 16.2 Å². The summed E-state index contributed by atoms with van der Waals surface area (Å²) in [6, 6.07) is 17.3. The highest BCUT2D eigenvalue weighted by Gasteiger charge is 2.21. The van der Waals surface area contributed by atoms with Crippen LogP contribution in [0.2, 0.25) is 0 Å². The Morgan fingerprint density at radius 3 is 2.52 bits per heavy atom. The smallest absolute Gasteiger partial charge is 0.358 e. The first-order valence-electron chi connectivity index (χ1n) is 6.77. The fourth-order valence-electron chi connectivity index (χ4n) is 2.08. The van der Waals surface area contributed by atoms with Crippen molar-refractivity contribution in [2.24, 2.45) is 0 Å². The Balaban J connectivity index is 1.98. The van der Waals surface area contributed by atoms with Crippen LogP contribution < -0.4 is 0 Å². The summed E-state index contributed by atoms with van der Waals surface area (Å²) in [7, 11) is 0. The normalized spacial score (nSPS) is 10.7. The van der Waals surface area contributed by atoms with Crippen molar-refractivity contribution < 1.29 is 9.90 Å². The number of benzene rings is 2. The monoisotopic (exact) mass is 389 g/mol. The predicted molar refractivity (Wildman–Crippen MR) is 92.0 cm³/mol. The van der Waals surface area contributed by atoms with Crippen molar-refractivity contribution in [1.82, 2.24) is 15.0 Å². The molecule has 7 heteroatoms. The minimum Gasteiger partial charge on any atom is -0.476 e. The van der Waals surface area contributed by atoms with Gasteiger partial charge in [-0.1, -0.05) is 35.5 Å². The molecular weight excluding hydrogens is 378 g/mol. The van der Waals surface area contributed by atoms with Gasteiger partial charge in [-0.05, 0) is 40.2 Å². The minimum absolute atomic E-state index is 0.0239. The van der Waals surface area contributed by atoms with Gasteiger partial charge in [0.1, 0.15) is 0 Å². The number of thioether (sulfide) groups is 1. The highest BCUT2D eigenvalue weighted by Crippen LogP contribution is 2.27. The zero-order chi connectivity index (χ0) is 16.2. The van der Waals surface area contributed by atoms with E-state index < -0.39 is 5.97 Å². The van der Waals surface area contributed by atoms with Crippen LogP contribution in [0.25, 0.3) is 5.69 Å². The highest BCUT2D eigenvalue weighted by atomic mass is 79.9. The number of hydrogen-bond acceptors (Lipinski definition) is 4. The molecule has 0 aliphatic rings. The second kappa shape index (κ2) is 6.97. The molecule has 3 aromatic rings. The first-order valence-corrected chi connectivity index (χ1v) is 8.55. The number of aromatic carboxylic acids is 1. The van der Waals surface area contributed by atoms with E-state index in [2.05, 4.69) is 26.2 Å². The van der Waals surface area contributed by atoms with Crippen LogP contribution >= 0.6 is 27.7 Å². The standard InChI is InChI=1S/C16H12BrN3O2S/c17-12-8-4-5-9-13(12)20-14(15(16(21)22)18-19-20)10-23-11-6-2-1-3-7-11/h1-9H,10H2,(H,21,22). The molecule has 0 saturated carbocycles. The van der Waals surface area contributed by atoms with Gasteiger partial charge in [0.25, 0.3) is 0 Å². The maximum atomic E-state index is 11.4. The van der Waals surface area contributed by atoms with Gasteiger partial charge in [0, 0.05) is 15.1 Å². The van der Waals surface area contributed by atoms with Crippen LogP contribution in [-0.4, -0.2) is 26.1 Å². The fraction of sp³-hybridized carbons (Fsp3) is 0.0625. The summed E-state index contributed by atoms with van der Waals surface area (Å²) in [6.07, 6.45) is 0. The lowest BCUT2D eigenvalue weighted by atomic mass is 10.3. The molecule has 2 aromatic carbocycles. The van der Waals surface area contributed by atoms with Crippen molar-refractivity contribution in [3.05, 3.63) is 70.5 Å². The largest absolute Gasteiger partial charge is 0.476 e. The van der Waals surface area contributed by atoms with E-state index in [1.54, 1.807) is 16.4 Å². The summed E-state index contributed by atoms with van der Waals surface area (Å²) in [6.45, 7) is 0. The van der Waals surface area contributed by atoms with Gasteiger partial charge < -0.3 is 5.11 Å². The molecule has 0 aliphatic heterocycles. The van der Waals surface area contributed by atoms with Gasteiger partial charge in [0.15, 0.2) is 5.69 Å². The first-order chi connectivity index (χ1) is 11.2. The molecule has 0 atom stereocenters. The molecule has 1 N–H and O–H groups in total. The van der Waals surface area contributed by atoms with Crippen molar-refractivity contribution in [3.63, 3.8) is 0 Å². The lowest BCUT2D eigenvalue weighted by Gasteiger charge is -2.08. The molecule has 0 bridgehead atoms. The molecule has 1 aromatic heterocycles. The summed E-state index contributed by atoms with van der Waals surface area (Å²) >= 11 is 5.01. The van der Waals surface area contributed by atoms with Crippen molar-refractivity contribution in [3.8, 4) is 5.69 Å². The molecule has 0 radical (unpaired) electrons. The van der Waals surface area contributed by atoms with Gasteiger partial charge >= 0.3 is 5.97 Å². The Morgan fingerprint density at radius 1 is 1.13 bits per heavy atom. The highest BCUT2D eigenvalue weighted by molar-refractivity contribution is 9.10. The summed E-state index contributed by atoms with van der Waals surface area (Å²) in [5.74, 6) is -0.619. The Kier molecular flexibility index (Phi) is 4.78. The van der Waals surface area contributed by atoms with Crippen LogP contribution in [0.3, 0.4) is 0 Å². The fourth-order valence-corrected chi connectivity index (χ4v) is 3.45. The lowest BCUT2D eigenvalue weighted by Crippen LogP contribution is -2.06. The number of carboxylic acid groups (broad SMARTS) is 1. The minimum atomic E-state index is -1.08. The van der Waals surface area contributed by atoms with Crippen molar-refractivity contribution >= 4 is 33.7 Å². The van der Waals surface area contributed by atoms with Gasteiger partial charge in [-0.15, -0.1) is 16.9 Å². The van der Waals surface area contributed by atoms with E-state index in [0.717, 1.165) is 15.1 Å². The molecule has 0 aliphatic carbocycles. The Morgan fingerprint density at radius 2 is 1.83 bits per heavy atom. The Bertz CT molecular complexity index is 836. The number of halogens is 1. The third kappa shape index (κ3) is 3.46. The van der Waals surface area contributed by atoms with Crippen LogP contribution in [0.15, 0.2) is 64.0 Å². The Labute approximate surface area is 145 Å². The van der Waals surface area contributed by atoms with Crippen LogP contribution in [-0.2, 0) is 5.75 Å². The topological polar surface area (TPSA) is 68.0 Å². The van der Waals surface area contributed by atoms with E-state index in [-0.39, 0.29) is 5.69 Å². The molecule has 5 nitrogen and oxygen atoms in total. The second-order valence-electron chi connectivity index (χ2n) is 4.65. The lowest BCUT2D eigenvalue weighted by molar-refractivity contribution is 0.0689. The van der Waals surface area contributed by atoms with Gasteiger partial charge in [0.05, 0.1) is 11.4 Å². The summed E-state index contributed by atoms with van der Waals surface area (Å²) < 4.78 is 2.40. The summed E-state index contributed by atoms with van der Waals surface area (Å²) in [5, 5.41) is 17.2.